The second kappa shape index (κ2) is 9.41. The zero-order valence-corrected chi connectivity index (χ0v) is 15.8. The smallest absolute Gasteiger partial charge is 0.254 e. The molecule has 144 valence electrons. The van der Waals surface area contributed by atoms with Crippen molar-refractivity contribution in [1.29, 1.82) is 0 Å². The van der Waals surface area contributed by atoms with Gasteiger partial charge >= 0.3 is 0 Å². The number of carbonyl (C=O) groups is 1. The fourth-order valence-corrected chi connectivity index (χ4v) is 3.46. The van der Waals surface area contributed by atoms with Gasteiger partial charge in [-0.2, -0.15) is 0 Å². The number of H-pyrrole nitrogens is 1. The summed E-state index contributed by atoms with van der Waals surface area (Å²) >= 11 is 0. The average Bonchev–Trinajstić information content (AvgIpc) is 2.69. The van der Waals surface area contributed by atoms with Crippen LogP contribution in [-0.2, 0) is 11.2 Å². The zero-order valence-electron chi connectivity index (χ0n) is 15.8. The van der Waals surface area contributed by atoms with Gasteiger partial charge in [-0.3, -0.25) is 14.6 Å². The van der Waals surface area contributed by atoms with E-state index < -0.39 is 0 Å². The van der Waals surface area contributed by atoms with E-state index in [1.54, 1.807) is 25.4 Å². The van der Waals surface area contributed by atoms with E-state index in [1.807, 2.05) is 6.07 Å². The van der Waals surface area contributed by atoms with Crippen molar-refractivity contribution < 1.29 is 4.79 Å². The zero-order chi connectivity index (χ0) is 19.1. The van der Waals surface area contributed by atoms with Gasteiger partial charge in [0.1, 0.15) is 5.82 Å². The predicted molar refractivity (Wildman–Crippen MR) is 104 cm³/mol. The van der Waals surface area contributed by atoms with Crippen LogP contribution in [0.2, 0.25) is 0 Å². The fraction of sp³-hybridized carbons (Fsp3) is 0.500. The lowest BCUT2D eigenvalue weighted by molar-refractivity contribution is -0.121. The Kier molecular flexibility index (Phi) is 6.70. The molecule has 3 heterocycles. The first-order valence-electron chi connectivity index (χ1n) is 9.61. The molecule has 1 aliphatic rings. The maximum absolute atomic E-state index is 12.4. The molecule has 1 fully saturated rings. The normalized spacial score (nSPS) is 16.9. The van der Waals surface area contributed by atoms with Crippen LogP contribution in [0.15, 0.2) is 29.3 Å². The largest absolute Gasteiger partial charge is 0.356 e. The van der Waals surface area contributed by atoms with Gasteiger partial charge in [0.15, 0.2) is 0 Å². The molecule has 7 nitrogen and oxygen atoms in total. The summed E-state index contributed by atoms with van der Waals surface area (Å²) in [5, 5.41) is 6.36. The first-order valence-corrected chi connectivity index (χ1v) is 9.61. The Morgan fingerprint density at radius 1 is 1.41 bits per heavy atom. The second-order valence-electron chi connectivity index (χ2n) is 7.07. The van der Waals surface area contributed by atoms with E-state index in [0.29, 0.717) is 42.4 Å². The molecule has 0 spiro atoms. The first-order chi connectivity index (χ1) is 13.1. The molecule has 1 amide bonds. The second-order valence-corrected chi connectivity index (χ2v) is 7.07. The maximum atomic E-state index is 12.4. The van der Waals surface area contributed by atoms with Crippen LogP contribution in [-0.4, -0.2) is 40.5 Å². The van der Waals surface area contributed by atoms with Crippen LogP contribution >= 0.6 is 0 Å². The number of hydrogen-bond donors (Lipinski definition) is 3. The number of amides is 1. The molecule has 7 heteroatoms. The summed E-state index contributed by atoms with van der Waals surface area (Å²) in [5.41, 5.74) is 1.79. The third-order valence-electron chi connectivity index (χ3n) is 5.03. The van der Waals surface area contributed by atoms with E-state index in [0.717, 1.165) is 25.1 Å². The van der Waals surface area contributed by atoms with E-state index in [1.165, 1.54) is 12.8 Å². The van der Waals surface area contributed by atoms with Gasteiger partial charge in [-0.25, -0.2) is 4.98 Å². The molecular weight excluding hydrogens is 342 g/mol. The molecule has 27 heavy (non-hydrogen) atoms. The minimum Gasteiger partial charge on any atom is -0.356 e. The van der Waals surface area contributed by atoms with Gasteiger partial charge in [0.05, 0.1) is 0 Å². The number of carbonyl (C=O) groups excluding carboxylic acids is 1. The number of pyridine rings is 1. The number of aromatic amines is 1. The van der Waals surface area contributed by atoms with Gasteiger partial charge in [-0.05, 0) is 63.7 Å². The Balaban J connectivity index is 1.51. The number of nitrogens with zero attached hydrogens (tertiary/aromatic N) is 2. The number of aryl methyl sites for hydroxylation is 1. The van der Waals surface area contributed by atoms with E-state index in [9.17, 15) is 9.59 Å². The van der Waals surface area contributed by atoms with Gasteiger partial charge in [-0.15, -0.1) is 0 Å². The lowest BCUT2D eigenvalue weighted by atomic mass is 9.96. The quantitative estimate of drug-likeness (QED) is 0.688. The van der Waals surface area contributed by atoms with Gasteiger partial charge < -0.3 is 15.6 Å². The van der Waals surface area contributed by atoms with Crippen molar-refractivity contribution in [2.45, 2.75) is 39.0 Å². The average molecular weight is 369 g/mol. The van der Waals surface area contributed by atoms with Crippen LogP contribution < -0.4 is 16.2 Å². The van der Waals surface area contributed by atoms with Crippen LogP contribution in [0.4, 0.5) is 0 Å². The van der Waals surface area contributed by atoms with Crippen LogP contribution in [0.5, 0.6) is 0 Å². The van der Waals surface area contributed by atoms with Crippen LogP contribution in [0, 0.1) is 12.8 Å². The summed E-state index contributed by atoms with van der Waals surface area (Å²) in [4.78, 5) is 35.8. The molecule has 3 rings (SSSR count). The van der Waals surface area contributed by atoms with Crippen LogP contribution in [0.25, 0.3) is 11.4 Å². The molecule has 2 aromatic rings. The van der Waals surface area contributed by atoms with Crippen LogP contribution in [0.3, 0.4) is 0 Å². The minimum atomic E-state index is -0.192. The van der Waals surface area contributed by atoms with E-state index in [-0.39, 0.29) is 11.5 Å². The number of piperidine rings is 1. The lowest BCUT2D eigenvalue weighted by Crippen LogP contribution is -2.33. The first kappa shape index (κ1) is 19.2. The summed E-state index contributed by atoms with van der Waals surface area (Å²) in [6.45, 7) is 4.64. The highest BCUT2D eigenvalue weighted by Crippen LogP contribution is 2.14. The standard InChI is InChI=1S/C20H27N5O2/c1-14-17(20(27)25-19(24-14)16-5-3-10-22-13-16)6-7-18(26)23-11-8-15-4-2-9-21-12-15/h3,5,10,13,15,21H,2,4,6-9,11-12H2,1H3,(H,23,26)(H,24,25,27). The predicted octanol–water partition coefficient (Wildman–Crippen LogP) is 1.58. The third-order valence-corrected chi connectivity index (χ3v) is 5.03. The molecule has 3 N–H and O–H groups in total. The van der Waals surface area contributed by atoms with E-state index in [4.69, 9.17) is 0 Å². The van der Waals surface area contributed by atoms with Crippen LogP contribution in [0.1, 0.15) is 36.9 Å². The highest BCUT2D eigenvalue weighted by Gasteiger charge is 2.14. The SMILES string of the molecule is Cc1nc(-c2cccnc2)[nH]c(=O)c1CCC(=O)NCCC1CCCNC1. The number of hydrogen-bond acceptors (Lipinski definition) is 5. The molecule has 0 aliphatic carbocycles. The Morgan fingerprint density at radius 3 is 3.00 bits per heavy atom. The molecule has 1 atom stereocenters. The van der Waals surface area contributed by atoms with Gasteiger partial charge in [0, 0.05) is 42.2 Å². The minimum absolute atomic E-state index is 0.0195. The molecule has 0 radical (unpaired) electrons. The molecule has 0 bridgehead atoms. The number of rotatable bonds is 7. The van der Waals surface area contributed by atoms with E-state index in [2.05, 4.69) is 25.6 Å². The highest BCUT2D eigenvalue weighted by atomic mass is 16.1. The molecular formula is C20H27N5O2. The summed E-state index contributed by atoms with van der Waals surface area (Å²) in [7, 11) is 0. The summed E-state index contributed by atoms with van der Waals surface area (Å²) in [5.74, 6) is 1.13. The van der Waals surface area contributed by atoms with E-state index >= 15 is 0 Å². The molecule has 1 saturated heterocycles. The van der Waals surface area contributed by atoms with Gasteiger partial charge in [0.25, 0.3) is 5.56 Å². The van der Waals surface area contributed by atoms with Crippen molar-refractivity contribution in [3.05, 3.63) is 46.1 Å². The van der Waals surface area contributed by atoms with Gasteiger partial charge in [0.2, 0.25) is 5.91 Å². The number of nitrogens with one attached hydrogen (secondary N) is 3. The Labute approximate surface area is 159 Å². The highest BCUT2D eigenvalue weighted by molar-refractivity contribution is 5.76. The molecule has 2 aromatic heterocycles. The fourth-order valence-electron chi connectivity index (χ4n) is 3.46. The summed E-state index contributed by atoms with van der Waals surface area (Å²) < 4.78 is 0. The Bertz CT molecular complexity index is 813. The monoisotopic (exact) mass is 369 g/mol. The topological polar surface area (TPSA) is 99.8 Å². The number of aromatic nitrogens is 3. The molecule has 0 saturated carbocycles. The molecule has 0 aromatic carbocycles. The lowest BCUT2D eigenvalue weighted by Gasteiger charge is -2.22. The molecule has 1 aliphatic heterocycles. The van der Waals surface area contributed by atoms with Crippen molar-refractivity contribution >= 4 is 5.91 Å². The third kappa shape index (κ3) is 5.47. The van der Waals surface area contributed by atoms with Crippen molar-refractivity contribution in [2.75, 3.05) is 19.6 Å². The van der Waals surface area contributed by atoms with Crippen molar-refractivity contribution in [3.8, 4) is 11.4 Å². The maximum Gasteiger partial charge on any atom is 0.254 e. The molecule has 1 unspecified atom stereocenters. The van der Waals surface area contributed by atoms with Crippen molar-refractivity contribution in [2.24, 2.45) is 5.92 Å². The van der Waals surface area contributed by atoms with Crippen molar-refractivity contribution in [1.82, 2.24) is 25.6 Å². The Hall–Kier alpha value is -2.54. The summed E-state index contributed by atoms with van der Waals surface area (Å²) in [6.07, 6.45) is 7.45. The summed E-state index contributed by atoms with van der Waals surface area (Å²) in [6, 6.07) is 3.64. The van der Waals surface area contributed by atoms with Gasteiger partial charge in [-0.1, -0.05) is 0 Å². The Morgan fingerprint density at radius 2 is 2.30 bits per heavy atom. The van der Waals surface area contributed by atoms with Crippen molar-refractivity contribution in [3.63, 3.8) is 0 Å².